The quantitative estimate of drug-likeness (QED) is 0.725. The van der Waals surface area contributed by atoms with Crippen LogP contribution in [0.2, 0.25) is 0 Å². The van der Waals surface area contributed by atoms with Crippen LogP contribution in [0.3, 0.4) is 0 Å². The third-order valence-corrected chi connectivity index (χ3v) is 6.26. The maximum absolute atomic E-state index is 12.3. The number of rotatable bonds is 1. The van der Waals surface area contributed by atoms with E-state index in [4.69, 9.17) is 9.47 Å². The zero-order valence-electron chi connectivity index (χ0n) is 15.0. The summed E-state index contributed by atoms with van der Waals surface area (Å²) >= 11 is 0. The molecule has 1 spiro atoms. The molecule has 4 heterocycles. The normalized spacial score (nSPS) is 34.3. The van der Waals surface area contributed by atoms with Gasteiger partial charge in [-0.05, 0) is 31.5 Å². The molecule has 2 saturated heterocycles. The van der Waals surface area contributed by atoms with Crippen LogP contribution in [-0.2, 0) is 19.1 Å². The van der Waals surface area contributed by atoms with Gasteiger partial charge in [0.05, 0.1) is 5.52 Å². The molecule has 0 radical (unpaired) electrons. The Morgan fingerprint density at radius 2 is 1.96 bits per heavy atom. The van der Waals surface area contributed by atoms with Gasteiger partial charge < -0.3 is 9.47 Å². The largest absolute Gasteiger partial charge is 0.453 e. The molecular weight excluding hydrogens is 344 g/mol. The van der Waals surface area contributed by atoms with Gasteiger partial charge in [0.1, 0.15) is 0 Å². The molecular formula is C21H20N2O4. The summed E-state index contributed by atoms with van der Waals surface area (Å²) in [6.45, 7) is 0. The zero-order valence-corrected chi connectivity index (χ0v) is 15.0. The van der Waals surface area contributed by atoms with E-state index in [1.807, 2.05) is 37.4 Å². The number of carbonyl (C=O) groups is 2. The van der Waals surface area contributed by atoms with E-state index in [1.165, 1.54) is 0 Å². The topological polar surface area (TPSA) is 68.7 Å². The number of fused-ring (bicyclic) bond motifs is 2. The van der Waals surface area contributed by atoms with Crippen molar-refractivity contribution in [3.8, 4) is 0 Å². The molecule has 1 aromatic carbocycles. The summed E-state index contributed by atoms with van der Waals surface area (Å²) in [5.74, 6) is -1.09. The fourth-order valence-electron chi connectivity index (χ4n) is 4.98. The van der Waals surface area contributed by atoms with Crippen molar-refractivity contribution in [1.82, 2.24) is 9.88 Å². The van der Waals surface area contributed by atoms with E-state index in [9.17, 15) is 9.59 Å². The highest BCUT2D eigenvalue weighted by molar-refractivity contribution is 5.92. The third kappa shape index (κ3) is 2.40. The number of esters is 2. The molecule has 27 heavy (non-hydrogen) atoms. The molecule has 6 nitrogen and oxygen atoms in total. The molecule has 0 aliphatic carbocycles. The molecule has 0 saturated carbocycles. The van der Waals surface area contributed by atoms with Gasteiger partial charge in [-0.15, -0.1) is 0 Å². The van der Waals surface area contributed by atoms with Gasteiger partial charge in [0.15, 0.2) is 6.10 Å². The molecule has 5 rings (SSSR count). The average molecular weight is 364 g/mol. The molecule has 6 heteroatoms. The van der Waals surface area contributed by atoms with Crippen LogP contribution in [0.25, 0.3) is 10.9 Å². The van der Waals surface area contributed by atoms with E-state index in [0.29, 0.717) is 6.42 Å². The second-order valence-electron chi connectivity index (χ2n) is 7.52. The van der Waals surface area contributed by atoms with Crippen LogP contribution in [0.1, 0.15) is 30.7 Å². The van der Waals surface area contributed by atoms with Crippen molar-refractivity contribution >= 4 is 22.8 Å². The number of benzene rings is 1. The van der Waals surface area contributed by atoms with Gasteiger partial charge in [-0.1, -0.05) is 24.3 Å². The molecule has 0 amide bonds. The summed E-state index contributed by atoms with van der Waals surface area (Å²) in [4.78, 5) is 31.2. The van der Waals surface area contributed by atoms with Crippen molar-refractivity contribution in [2.45, 2.75) is 43.1 Å². The monoisotopic (exact) mass is 364 g/mol. The molecule has 2 bridgehead atoms. The lowest BCUT2D eigenvalue weighted by molar-refractivity contribution is -0.226. The summed E-state index contributed by atoms with van der Waals surface area (Å²) < 4.78 is 11.8. The second kappa shape index (κ2) is 5.89. The number of nitrogens with zero attached hydrogens (tertiary/aromatic N) is 2. The van der Waals surface area contributed by atoms with Gasteiger partial charge in [-0.2, -0.15) is 0 Å². The van der Waals surface area contributed by atoms with E-state index < -0.39 is 23.8 Å². The summed E-state index contributed by atoms with van der Waals surface area (Å²) in [5, 5.41) is 1.05. The number of para-hydroxylation sites is 1. The fourth-order valence-corrected chi connectivity index (χ4v) is 4.98. The highest BCUT2D eigenvalue weighted by Crippen LogP contribution is 2.52. The lowest BCUT2D eigenvalue weighted by Crippen LogP contribution is -2.63. The Morgan fingerprint density at radius 1 is 1.15 bits per heavy atom. The van der Waals surface area contributed by atoms with Crippen LogP contribution in [0.15, 0.2) is 48.7 Å². The van der Waals surface area contributed by atoms with Crippen LogP contribution in [0.5, 0.6) is 0 Å². The van der Waals surface area contributed by atoms with E-state index >= 15 is 0 Å². The standard InChI is InChI=1S/C21H20N2O4/c1-23-14-9-10-21(23)20(26-17(24)7-8-18(25)27-21)16(12-14)15-6-2-4-13-5-3-11-22-19(13)15/h2-8,11,14,16,20H,9-10,12H2,1H3/b8-7+. The number of hydrogen-bond acceptors (Lipinski definition) is 6. The summed E-state index contributed by atoms with van der Waals surface area (Å²) in [7, 11) is 1.95. The molecule has 4 atom stereocenters. The molecule has 138 valence electrons. The first-order chi connectivity index (χ1) is 13.1. The fraction of sp³-hybridized carbons (Fsp3) is 0.381. The van der Waals surface area contributed by atoms with Gasteiger partial charge in [-0.3, -0.25) is 9.88 Å². The predicted octanol–water partition coefficient (Wildman–Crippen LogP) is 2.54. The van der Waals surface area contributed by atoms with Gasteiger partial charge in [0.25, 0.3) is 0 Å². The minimum atomic E-state index is -0.929. The van der Waals surface area contributed by atoms with Gasteiger partial charge in [-0.25, -0.2) is 9.59 Å². The number of pyridine rings is 1. The Labute approximate surface area is 156 Å². The van der Waals surface area contributed by atoms with Crippen LogP contribution < -0.4 is 0 Å². The Morgan fingerprint density at radius 3 is 2.85 bits per heavy atom. The van der Waals surface area contributed by atoms with Crippen molar-refractivity contribution in [2.24, 2.45) is 0 Å². The zero-order chi connectivity index (χ0) is 18.6. The smallest absolute Gasteiger partial charge is 0.332 e. The maximum atomic E-state index is 12.3. The van der Waals surface area contributed by atoms with Crippen molar-refractivity contribution in [3.05, 3.63) is 54.2 Å². The maximum Gasteiger partial charge on any atom is 0.332 e. The van der Waals surface area contributed by atoms with Crippen molar-refractivity contribution < 1.29 is 19.1 Å². The summed E-state index contributed by atoms with van der Waals surface area (Å²) in [6.07, 6.45) is 5.88. The van der Waals surface area contributed by atoms with Gasteiger partial charge in [0.2, 0.25) is 5.72 Å². The molecule has 0 N–H and O–H groups in total. The highest BCUT2D eigenvalue weighted by atomic mass is 16.6. The van der Waals surface area contributed by atoms with Crippen molar-refractivity contribution in [2.75, 3.05) is 7.05 Å². The van der Waals surface area contributed by atoms with Crippen molar-refractivity contribution in [1.29, 1.82) is 0 Å². The Bertz CT molecular complexity index is 966. The average Bonchev–Trinajstić information content (AvgIpc) is 2.88. The molecule has 1 aromatic heterocycles. The Kier molecular flexibility index (Phi) is 3.59. The lowest BCUT2D eigenvalue weighted by Gasteiger charge is -2.49. The second-order valence-corrected chi connectivity index (χ2v) is 7.52. The first-order valence-electron chi connectivity index (χ1n) is 9.27. The summed E-state index contributed by atoms with van der Waals surface area (Å²) in [6, 6.07) is 10.3. The molecule has 3 aliphatic rings. The number of hydrogen-bond donors (Lipinski definition) is 0. The number of likely N-dealkylation sites (N-methyl/N-ethyl adjacent to an activating group) is 1. The van der Waals surface area contributed by atoms with E-state index in [-0.39, 0.29) is 12.0 Å². The molecule has 2 fully saturated rings. The van der Waals surface area contributed by atoms with Crippen molar-refractivity contribution in [3.63, 3.8) is 0 Å². The SMILES string of the molecule is CN1C2CCC13OC(=O)/C=C/C(=O)OC3C(c1cccc3cccnc13)C2. The van der Waals surface area contributed by atoms with Gasteiger partial charge in [0, 0.05) is 42.1 Å². The van der Waals surface area contributed by atoms with Crippen LogP contribution in [0.4, 0.5) is 0 Å². The lowest BCUT2D eigenvalue weighted by atomic mass is 9.80. The van der Waals surface area contributed by atoms with Gasteiger partial charge >= 0.3 is 11.9 Å². The minimum Gasteiger partial charge on any atom is -0.453 e. The van der Waals surface area contributed by atoms with Crippen LogP contribution in [-0.4, -0.2) is 46.7 Å². The number of aromatic nitrogens is 1. The van der Waals surface area contributed by atoms with E-state index in [0.717, 1.165) is 41.5 Å². The number of ether oxygens (including phenoxy) is 2. The van der Waals surface area contributed by atoms with E-state index in [1.54, 1.807) is 6.20 Å². The summed E-state index contributed by atoms with van der Waals surface area (Å²) in [5.41, 5.74) is 1.02. The molecule has 3 aliphatic heterocycles. The first kappa shape index (κ1) is 16.4. The highest BCUT2D eigenvalue weighted by Gasteiger charge is 2.61. The molecule has 4 unspecified atom stereocenters. The third-order valence-electron chi connectivity index (χ3n) is 6.26. The molecule has 2 aromatic rings. The predicted molar refractivity (Wildman–Crippen MR) is 97.7 cm³/mol. The Balaban J connectivity index is 1.68. The number of carbonyl (C=O) groups excluding carboxylic acids is 2. The Hall–Kier alpha value is -2.73. The minimum absolute atomic E-state index is 0.0875. The van der Waals surface area contributed by atoms with E-state index in [2.05, 4.69) is 9.88 Å². The van der Waals surface area contributed by atoms with Crippen LogP contribution in [0, 0.1) is 0 Å². The first-order valence-corrected chi connectivity index (χ1v) is 9.27. The van der Waals surface area contributed by atoms with Crippen LogP contribution >= 0.6 is 0 Å². The number of piperidine rings is 1.